The Kier molecular flexibility index (Phi) is 5.55. The summed E-state index contributed by atoms with van der Waals surface area (Å²) >= 11 is 6.26. The minimum atomic E-state index is -3.53. The molecule has 1 aliphatic heterocycles. The summed E-state index contributed by atoms with van der Waals surface area (Å²) in [5.41, 5.74) is 0.786. The van der Waals surface area contributed by atoms with E-state index < -0.39 is 10.0 Å². The number of halogens is 1. The van der Waals surface area contributed by atoms with E-state index in [1.165, 1.54) is 4.31 Å². The van der Waals surface area contributed by atoms with Crippen LogP contribution in [0.15, 0.2) is 65.6 Å². The van der Waals surface area contributed by atoms with Gasteiger partial charge in [-0.3, -0.25) is 0 Å². The topological polar surface area (TPSA) is 55.8 Å². The zero-order valence-electron chi connectivity index (χ0n) is 15.2. The molecular weight excluding hydrogens is 398 g/mol. The summed E-state index contributed by atoms with van der Waals surface area (Å²) in [4.78, 5) is 0.275. The Bertz CT molecular complexity index is 1090. The number of hydrogen-bond acceptors (Lipinski definition) is 4. The molecule has 3 aromatic rings. The van der Waals surface area contributed by atoms with Gasteiger partial charge in [0.2, 0.25) is 10.0 Å². The molecule has 0 saturated carbocycles. The van der Waals surface area contributed by atoms with Crippen molar-refractivity contribution >= 4 is 32.4 Å². The van der Waals surface area contributed by atoms with Crippen molar-refractivity contribution in [3.8, 4) is 5.75 Å². The number of sulfonamides is 1. The normalized spacial score (nSPS) is 15.6. The van der Waals surface area contributed by atoms with Crippen LogP contribution < -0.4 is 4.74 Å². The number of hydrogen-bond donors (Lipinski definition) is 0. The van der Waals surface area contributed by atoms with Gasteiger partial charge in [0.1, 0.15) is 12.4 Å². The Hall–Kier alpha value is -2.12. The van der Waals surface area contributed by atoms with Crippen molar-refractivity contribution in [3.63, 3.8) is 0 Å². The Morgan fingerprint density at radius 3 is 2.50 bits per heavy atom. The highest BCUT2D eigenvalue weighted by molar-refractivity contribution is 7.89. The second-order valence-electron chi connectivity index (χ2n) is 6.54. The standard InChI is InChI=1S/C21H20ClNO4S/c22-20-8-9-21(19-7-2-1-6-18(19)20)27-15-16-4-3-5-17(14-16)28(24,25)23-10-12-26-13-11-23/h1-9,14H,10-13,15H2. The van der Waals surface area contributed by atoms with Crippen LogP contribution in [0.3, 0.4) is 0 Å². The van der Waals surface area contributed by atoms with E-state index >= 15 is 0 Å². The maximum atomic E-state index is 12.8. The average molecular weight is 418 g/mol. The molecule has 1 saturated heterocycles. The quantitative estimate of drug-likeness (QED) is 0.627. The molecule has 7 heteroatoms. The lowest BCUT2D eigenvalue weighted by Crippen LogP contribution is -2.40. The van der Waals surface area contributed by atoms with E-state index in [2.05, 4.69) is 0 Å². The summed E-state index contributed by atoms with van der Waals surface area (Å²) in [7, 11) is -3.53. The van der Waals surface area contributed by atoms with E-state index in [9.17, 15) is 8.42 Å². The summed E-state index contributed by atoms with van der Waals surface area (Å²) in [5.74, 6) is 0.710. The first-order valence-corrected chi connectivity index (χ1v) is 10.8. The van der Waals surface area contributed by atoms with Gasteiger partial charge in [0.05, 0.1) is 18.1 Å². The highest BCUT2D eigenvalue weighted by Crippen LogP contribution is 2.31. The van der Waals surface area contributed by atoms with Crippen molar-refractivity contribution in [3.05, 3.63) is 71.2 Å². The summed E-state index contributed by atoms with van der Waals surface area (Å²) in [6.07, 6.45) is 0. The summed E-state index contributed by atoms with van der Waals surface area (Å²) in [6.45, 7) is 1.86. The maximum Gasteiger partial charge on any atom is 0.243 e. The highest BCUT2D eigenvalue weighted by atomic mass is 35.5. The molecule has 0 aliphatic carbocycles. The van der Waals surface area contributed by atoms with E-state index in [1.807, 2.05) is 36.4 Å². The SMILES string of the molecule is O=S(=O)(c1cccc(COc2ccc(Cl)c3ccccc23)c1)N1CCOCC1. The van der Waals surface area contributed by atoms with Gasteiger partial charge < -0.3 is 9.47 Å². The third-order valence-electron chi connectivity index (χ3n) is 4.73. The molecule has 0 unspecified atom stereocenters. The second kappa shape index (κ2) is 8.09. The van der Waals surface area contributed by atoms with Crippen LogP contribution in [0.2, 0.25) is 5.02 Å². The lowest BCUT2D eigenvalue weighted by Gasteiger charge is -2.26. The fraction of sp³-hybridized carbons (Fsp3) is 0.238. The van der Waals surface area contributed by atoms with Crippen LogP contribution in [0.1, 0.15) is 5.56 Å². The zero-order valence-corrected chi connectivity index (χ0v) is 16.7. The monoisotopic (exact) mass is 417 g/mol. The van der Waals surface area contributed by atoms with Crippen molar-refractivity contribution in [2.24, 2.45) is 0 Å². The summed E-state index contributed by atoms with van der Waals surface area (Å²) in [6, 6.07) is 18.3. The van der Waals surface area contributed by atoms with Gasteiger partial charge >= 0.3 is 0 Å². The van der Waals surface area contributed by atoms with Gasteiger partial charge in [-0.2, -0.15) is 4.31 Å². The molecule has 0 N–H and O–H groups in total. The van der Waals surface area contributed by atoms with Crippen molar-refractivity contribution in [1.29, 1.82) is 0 Å². The number of rotatable bonds is 5. The molecule has 0 bridgehead atoms. The maximum absolute atomic E-state index is 12.8. The van der Waals surface area contributed by atoms with E-state index in [-0.39, 0.29) is 11.5 Å². The van der Waals surface area contributed by atoms with Gasteiger partial charge in [-0.25, -0.2) is 8.42 Å². The summed E-state index contributed by atoms with van der Waals surface area (Å²) < 4.78 is 38.4. The second-order valence-corrected chi connectivity index (χ2v) is 8.89. The molecule has 1 heterocycles. The molecule has 5 nitrogen and oxygen atoms in total. The van der Waals surface area contributed by atoms with E-state index in [0.29, 0.717) is 37.1 Å². The fourth-order valence-electron chi connectivity index (χ4n) is 3.25. The molecule has 3 aromatic carbocycles. The number of fused-ring (bicyclic) bond motifs is 1. The number of morpholine rings is 1. The van der Waals surface area contributed by atoms with Crippen molar-refractivity contribution in [2.75, 3.05) is 26.3 Å². The van der Waals surface area contributed by atoms with Crippen molar-refractivity contribution < 1.29 is 17.9 Å². The lowest BCUT2D eigenvalue weighted by atomic mass is 10.1. The van der Waals surface area contributed by atoms with Gasteiger partial charge in [0.25, 0.3) is 0 Å². The van der Waals surface area contributed by atoms with Gasteiger partial charge in [-0.15, -0.1) is 0 Å². The van der Waals surface area contributed by atoms with Crippen LogP contribution in [0, 0.1) is 0 Å². The Labute approximate surface area is 169 Å². The first-order valence-electron chi connectivity index (χ1n) is 9.02. The molecule has 0 atom stereocenters. The molecule has 1 fully saturated rings. The number of ether oxygens (including phenoxy) is 2. The van der Waals surface area contributed by atoms with Crippen LogP contribution >= 0.6 is 11.6 Å². The molecule has 1 aliphatic rings. The molecule has 0 spiro atoms. The largest absolute Gasteiger partial charge is 0.488 e. The predicted molar refractivity (Wildman–Crippen MR) is 109 cm³/mol. The molecule has 0 radical (unpaired) electrons. The minimum absolute atomic E-state index is 0.262. The van der Waals surface area contributed by atoms with E-state index in [1.54, 1.807) is 24.3 Å². The Balaban J connectivity index is 1.56. The van der Waals surface area contributed by atoms with Crippen molar-refractivity contribution in [1.82, 2.24) is 4.31 Å². The van der Waals surface area contributed by atoms with Gasteiger partial charge in [0.15, 0.2) is 0 Å². The molecular formula is C21H20ClNO4S. The lowest BCUT2D eigenvalue weighted by molar-refractivity contribution is 0.0730. The van der Waals surface area contributed by atoms with Crippen LogP contribution in [0.5, 0.6) is 5.75 Å². The zero-order chi connectivity index (χ0) is 19.6. The third-order valence-corrected chi connectivity index (χ3v) is 6.96. The first-order chi connectivity index (χ1) is 13.6. The average Bonchev–Trinajstić information content (AvgIpc) is 2.74. The molecule has 0 aromatic heterocycles. The first kappa shape index (κ1) is 19.2. The van der Waals surface area contributed by atoms with Crippen LogP contribution in [-0.2, 0) is 21.4 Å². The highest BCUT2D eigenvalue weighted by Gasteiger charge is 2.26. The van der Waals surface area contributed by atoms with Gasteiger partial charge in [-0.05, 0) is 29.8 Å². The van der Waals surface area contributed by atoms with Crippen LogP contribution in [-0.4, -0.2) is 39.0 Å². The van der Waals surface area contributed by atoms with Crippen LogP contribution in [0.25, 0.3) is 10.8 Å². The minimum Gasteiger partial charge on any atom is -0.488 e. The fourth-order valence-corrected chi connectivity index (χ4v) is 4.96. The predicted octanol–water partition coefficient (Wildman–Crippen LogP) is 4.09. The molecule has 4 rings (SSSR count). The summed E-state index contributed by atoms with van der Waals surface area (Å²) in [5, 5.41) is 2.51. The smallest absolute Gasteiger partial charge is 0.243 e. The Morgan fingerprint density at radius 1 is 0.964 bits per heavy atom. The molecule has 28 heavy (non-hydrogen) atoms. The molecule has 0 amide bonds. The van der Waals surface area contributed by atoms with E-state index in [0.717, 1.165) is 16.3 Å². The number of nitrogens with zero attached hydrogens (tertiary/aromatic N) is 1. The van der Waals surface area contributed by atoms with Crippen molar-refractivity contribution in [2.45, 2.75) is 11.5 Å². The Morgan fingerprint density at radius 2 is 1.71 bits per heavy atom. The molecule has 146 valence electrons. The van der Waals surface area contributed by atoms with Crippen LogP contribution in [0.4, 0.5) is 0 Å². The third kappa shape index (κ3) is 3.86. The number of benzene rings is 3. The van der Waals surface area contributed by atoms with E-state index in [4.69, 9.17) is 21.1 Å². The van der Waals surface area contributed by atoms with Gasteiger partial charge in [-0.1, -0.05) is 48.0 Å². The van der Waals surface area contributed by atoms with Gasteiger partial charge in [0, 0.05) is 28.9 Å².